The summed E-state index contributed by atoms with van der Waals surface area (Å²) in [5, 5.41) is 10.7. The molecule has 1 aromatic heterocycles. The van der Waals surface area contributed by atoms with Crippen molar-refractivity contribution < 1.29 is 13.5 Å². The van der Waals surface area contributed by atoms with Crippen LogP contribution in [0, 0.1) is 5.41 Å². The van der Waals surface area contributed by atoms with Crippen LogP contribution in [0.1, 0.15) is 49.8 Å². The van der Waals surface area contributed by atoms with E-state index in [1.807, 2.05) is 0 Å². The molecule has 1 aliphatic heterocycles. The number of nitrogens with zero attached hydrogens (tertiary/aromatic N) is 1. The fourth-order valence-electron chi connectivity index (χ4n) is 3.73. The van der Waals surface area contributed by atoms with Gasteiger partial charge in [0, 0.05) is 23.3 Å². The van der Waals surface area contributed by atoms with Crippen LogP contribution in [0.3, 0.4) is 0 Å². The van der Waals surface area contributed by atoms with Gasteiger partial charge in [0.25, 0.3) is 0 Å². The highest BCUT2D eigenvalue weighted by Crippen LogP contribution is 2.45. The molecule has 2 aliphatic rings. The van der Waals surface area contributed by atoms with Gasteiger partial charge in [0.1, 0.15) is 0 Å². The van der Waals surface area contributed by atoms with Crippen LogP contribution in [0.4, 0.5) is 0 Å². The molecule has 1 saturated heterocycles. The van der Waals surface area contributed by atoms with E-state index < -0.39 is 10.0 Å². The van der Waals surface area contributed by atoms with Crippen molar-refractivity contribution in [1.29, 1.82) is 0 Å². The first-order valence-electron chi connectivity index (χ1n) is 7.74. The lowest BCUT2D eigenvalue weighted by Gasteiger charge is -2.43. The maximum atomic E-state index is 12.6. The highest BCUT2D eigenvalue weighted by atomic mass is 32.2. The Labute approximate surface area is 130 Å². The van der Waals surface area contributed by atoms with Crippen LogP contribution < -0.4 is 0 Å². The van der Waals surface area contributed by atoms with Crippen LogP contribution in [0.2, 0.25) is 0 Å². The van der Waals surface area contributed by atoms with Crippen LogP contribution in [0.15, 0.2) is 16.3 Å². The monoisotopic (exact) mass is 329 g/mol. The molecule has 1 N–H and O–H groups in total. The third-order valence-corrected chi connectivity index (χ3v) is 8.07. The van der Waals surface area contributed by atoms with Gasteiger partial charge in [-0.15, -0.1) is 11.3 Å². The Morgan fingerprint density at radius 3 is 2.38 bits per heavy atom. The van der Waals surface area contributed by atoms with Crippen molar-refractivity contribution in [3.8, 4) is 0 Å². The first-order chi connectivity index (χ1) is 10.1. The van der Waals surface area contributed by atoms with Crippen molar-refractivity contribution >= 4 is 21.4 Å². The number of rotatable bonds is 3. The van der Waals surface area contributed by atoms with Crippen LogP contribution in [-0.2, 0) is 16.6 Å². The molecule has 6 heteroatoms. The second-order valence-electron chi connectivity index (χ2n) is 6.37. The first kappa shape index (κ1) is 15.5. The van der Waals surface area contributed by atoms with Crippen molar-refractivity contribution in [3.63, 3.8) is 0 Å². The molecule has 3 rings (SSSR count). The second-order valence-corrected chi connectivity index (χ2v) is 9.31. The van der Waals surface area contributed by atoms with Gasteiger partial charge < -0.3 is 5.11 Å². The standard InChI is InChI=1S/C15H23NO3S2/c17-11-13-10-14(12-20-13)21(18,19)16-8-6-15(7-9-16)4-2-1-3-5-15/h10,12,17H,1-9,11H2. The highest BCUT2D eigenvalue weighted by Gasteiger charge is 2.39. The molecule has 1 aliphatic carbocycles. The van der Waals surface area contributed by atoms with Crippen molar-refractivity contribution in [2.45, 2.75) is 56.4 Å². The Balaban J connectivity index is 1.70. The zero-order chi connectivity index (χ0) is 14.9. The number of hydrogen-bond donors (Lipinski definition) is 1. The molecule has 0 bridgehead atoms. The highest BCUT2D eigenvalue weighted by molar-refractivity contribution is 7.89. The topological polar surface area (TPSA) is 57.6 Å². The third-order valence-electron chi connectivity index (χ3n) is 5.12. The lowest BCUT2D eigenvalue weighted by atomic mass is 9.68. The Kier molecular flexibility index (Phi) is 4.41. The quantitative estimate of drug-likeness (QED) is 0.927. The van der Waals surface area contributed by atoms with Crippen molar-refractivity contribution in [3.05, 3.63) is 16.3 Å². The largest absolute Gasteiger partial charge is 0.391 e. The summed E-state index contributed by atoms with van der Waals surface area (Å²) >= 11 is 1.31. The minimum absolute atomic E-state index is 0.0940. The summed E-state index contributed by atoms with van der Waals surface area (Å²) < 4.78 is 26.9. The van der Waals surface area contributed by atoms with E-state index in [2.05, 4.69) is 0 Å². The second kappa shape index (κ2) is 5.99. The molecule has 0 aromatic carbocycles. The Hall–Kier alpha value is -0.430. The summed E-state index contributed by atoms with van der Waals surface area (Å²) in [7, 11) is -3.37. The molecule has 4 nitrogen and oxygen atoms in total. The molecule has 2 heterocycles. The van der Waals surface area contributed by atoms with Gasteiger partial charge in [0.05, 0.1) is 11.5 Å². The summed E-state index contributed by atoms with van der Waals surface area (Å²) in [4.78, 5) is 1.05. The summed E-state index contributed by atoms with van der Waals surface area (Å²) in [5.41, 5.74) is 0.412. The lowest BCUT2D eigenvalue weighted by molar-refractivity contribution is 0.102. The molecule has 1 spiro atoms. The molecule has 2 fully saturated rings. The molecule has 0 amide bonds. The molecule has 0 radical (unpaired) electrons. The van der Waals surface area contributed by atoms with E-state index in [0.29, 0.717) is 28.3 Å². The average Bonchev–Trinajstić information content (AvgIpc) is 2.98. The maximum absolute atomic E-state index is 12.6. The molecule has 21 heavy (non-hydrogen) atoms. The summed E-state index contributed by atoms with van der Waals surface area (Å²) in [6.45, 7) is 1.20. The number of aliphatic hydroxyl groups excluding tert-OH is 1. The molecule has 1 saturated carbocycles. The molecule has 0 unspecified atom stereocenters. The van der Waals surface area contributed by atoms with E-state index >= 15 is 0 Å². The van der Waals surface area contributed by atoms with Gasteiger partial charge in [-0.1, -0.05) is 19.3 Å². The van der Waals surface area contributed by atoms with E-state index in [1.165, 1.54) is 43.4 Å². The minimum atomic E-state index is -3.37. The van der Waals surface area contributed by atoms with Crippen molar-refractivity contribution in [2.24, 2.45) is 5.41 Å². The number of thiophene rings is 1. The van der Waals surface area contributed by atoms with Crippen LogP contribution >= 0.6 is 11.3 Å². The molecule has 1 aromatic rings. The molecular weight excluding hydrogens is 306 g/mol. The summed E-state index contributed by atoms with van der Waals surface area (Å²) in [6.07, 6.45) is 8.49. The number of piperidine rings is 1. The lowest BCUT2D eigenvalue weighted by Crippen LogP contribution is -2.43. The SMILES string of the molecule is O=S(=O)(c1csc(CO)c1)N1CCC2(CCCCC2)CC1. The Bertz CT molecular complexity index is 578. The minimum Gasteiger partial charge on any atom is -0.391 e. The smallest absolute Gasteiger partial charge is 0.243 e. The zero-order valence-electron chi connectivity index (χ0n) is 12.3. The zero-order valence-corrected chi connectivity index (χ0v) is 13.9. The van der Waals surface area contributed by atoms with Gasteiger partial charge >= 0.3 is 0 Å². The number of sulfonamides is 1. The number of aliphatic hydroxyl groups is 1. The van der Waals surface area contributed by atoms with E-state index in [1.54, 1.807) is 15.8 Å². The molecule has 118 valence electrons. The van der Waals surface area contributed by atoms with Gasteiger partial charge in [-0.3, -0.25) is 0 Å². The van der Waals surface area contributed by atoms with Gasteiger partial charge in [-0.2, -0.15) is 4.31 Å². The van der Waals surface area contributed by atoms with E-state index in [0.717, 1.165) is 12.8 Å². The maximum Gasteiger partial charge on any atom is 0.243 e. The first-order valence-corrected chi connectivity index (χ1v) is 10.1. The normalized spacial score (nSPS) is 23.5. The van der Waals surface area contributed by atoms with Crippen molar-refractivity contribution in [2.75, 3.05) is 13.1 Å². The van der Waals surface area contributed by atoms with Crippen molar-refractivity contribution in [1.82, 2.24) is 4.31 Å². The fraction of sp³-hybridized carbons (Fsp3) is 0.733. The predicted molar refractivity (Wildman–Crippen MR) is 83.8 cm³/mol. The van der Waals surface area contributed by atoms with Crippen LogP contribution in [0.25, 0.3) is 0 Å². The predicted octanol–water partition coefficient (Wildman–Crippen LogP) is 2.98. The van der Waals surface area contributed by atoms with Gasteiger partial charge in [0.15, 0.2) is 0 Å². The molecule has 0 atom stereocenters. The van der Waals surface area contributed by atoms with E-state index in [-0.39, 0.29) is 6.61 Å². The van der Waals surface area contributed by atoms with Crippen LogP contribution in [0.5, 0.6) is 0 Å². The van der Waals surface area contributed by atoms with E-state index in [4.69, 9.17) is 5.11 Å². The van der Waals surface area contributed by atoms with E-state index in [9.17, 15) is 8.42 Å². The fourth-order valence-corrected chi connectivity index (χ4v) is 6.29. The van der Waals surface area contributed by atoms with Gasteiger partial charge in [-0.25, -0.2) is 8.42 Å². The van der Waals surface area contributed by atoms with Gasteiger partial charge in [0.2, 0.25) is 10.0 Å². The Morgan fingerprint density at radius 1 is 1.14 bits per heavy atom. The van der Waals surface area contributed by atoms with Gasteiger partial charge in [-0.05, 0) is 37.2 Å². The summed E-state index contributed by atoms with van der Waals surface area (Å²) in [6, 6.07) is 1.60. The molecular formula is C15H23NO3S2. The van der Waals surface area contributed by atoms with Crippen LogP contribution in [-0.4, -0.2) is 30.9 Å². The number of hydrogen-bond acceptors (Lipinski definition) is 4. The summed E-state index contributed by atoms with van der Waals surface area (Å²) in [5.74, 6) is 0. The third kappa shape index (κ3) is 3.04. The Morgan fingerprint density at radius 2 is 1.81 bits per heavy atom. The average molecular weight is 329 g/mol.